The molecule has 0 aliphatic heterocycles. The molecule has 0 heterocycles. The normalized spacial score (nSPS) is 11.4. The van der Waals surface area contributed by atoms with Crippen LogP contribution < -0.4 is 16.0 Å². The second-order valence-electron chi connectivity index (χ2n) is 4.52. The van der Waals surface area contributed by atoms with Gasteiger partial charge >= 0.3 is 0 Å². The van der Waals surface area contributed by atoms with Crippen molar-refractivity contribution in [2.75, 3.05) is 12.4 Å². The second kappa shape index (κ2) is 6.70. The molecule has 0 unspecified atom stereocenters. The minimum atomic E-state index is -0.620. The molecule has 3 N–H and O–H groups in total. The van der Waals surface area contributed by atoms with Gasteiger partial charge in [-0.1, -0.05) is 0 Å². The first-order valence-corrected chi connectivity index (χ1v) is 6.26. The Morgan fingerprint density at radius 3 is 2.35 bits per heavy atom. The monoisotopic (exact) mass is 277 g/mol. The lowest BCUT2D eigenvalue weighted by atomic mass is 10.1. The van der Waals surface area contributed by atoms with E-state index in [0.29, 0.717) is 11.3 Å². The smallest absolute Gasteiger partial charge is 0.251 e. The number of anilines is 1. The van der Waals surface area contributed by atoms with Crippen molar-refractivity contribution in [3.63, 3.8) is 0 Å². The van der Waals surface area contributed by atoms with Crippen LogP contribution in [0.4, 0.5) is 5.69 Å². The Labute approximate surface area is 117 Å². The standard InChI is InChI=1S/C14H19N3O3/c1-8-7-11(14(20)15-4)5-6-12(8)17-13(19)9(2)16-10(3)18/h5-7,9H,1-4H3,(H,15,20)(H,16,18)(H,17,19)/t9-/m0/s1. The zero-order valence-electron chi connectivity index (χ0n) is 12.0. The average molecular weight is 277 g/mol. The lowest BCUT2D eigenvalue weighted by molar-refractivity contribution is -0.124. The fourth-order valence-corrected chi connectivity index (χ4v) is 1.70. The predicted octanol–water partition coefficient (Wildman–Crippen LogP) is 0.818. The van der Waals surface area contributed by atoms with Crippen LogP contribution in [0.2, 0.25) is 0 Å². The van der Waals surface area contributed by atoms with E-state index < -0.39 is 6.04 Å². The van der Waals surface area contributed by atoms with Gasteiger partial charge in [-0.3, -0.25) is 14.4 Å². The van der Waals surface area contributed by atoms with Crippen molar-refractivity contribution in [2.24, 2.45) is 0 Å². The Hall–Kier alpha value is -2.37. The van der Waals surface area contributed by atoms with Gasteiger partial charge in [-0.2, -0.15) is 0 Å². The van der Waals surface area contributed by atoms with Gasteiger partial charge in [-0.05, 0) is 37.6 Å². The summed E-state index contributed by atoms with van der Waals surface area (Å²) in [6.07, 6.45) is 0. The van der Waals surface area contributed by atoms with Gasteiger partial charge in [0.15, 0.2) is 0 Å². The van der Waals surface area contributed by atoms with E-state index in [9.17, 15) is 14.4 Å². The summed E-state index contributed by atoms with van der Waals surface area (Å²) in [5, 5.41) is 7.75. The highest BCUT2D eigenvalue weighted by atomic mass is 16.2. The molecule has 1 atom stereocenters. The second-order valence-corrected chi connectivity index (χ2v) is 4.52. The van der Waals surface area contributed by atoms with Crippen molar-refractivity contribution in [3.05, 3.63) is 29.3 Å². The first-order chi connectivity index (χ1) is 9.35. The van der Waals surface area contributed by atoms with Crippen LogP contribution in [-0.4, -0.2) is 30.8 Å². The Morgan fingerprint density at radius 2 is 1.85 bits per heavy atom. The maximum absolute atomic E-state index is 11.9. The number of rotatable bonds is 4. The molecule has 0 fully saturated rings. The van der Waals surface area contributed by atoms with Crippen LogP contribution in [0.15, 0.2) is 18.2 Å². The lowest BCUT2D eigenvalue weighted by Crippen LogP contribution is -2.40. The molecule has 0 aliphatic carbocycles. The number of carbonyl (C=O) groups excluding carboxylic acids is 3. The molecule has 0 saturated carbocycles. The number of benzene rings is 1. The number of hydrogen-bond donors (Lipinski definition) is 3. The molecule has 0 saturated heterocycles. The summed E-state index contributed by atoms with van der Waals surface area (Å²) in [4.78, 5) is 34.2. The van der Waals surface area contributed by atoms with Crippen LogP contribution in [0.25, 0.3) is 0 Å². The van der Waals surface area contributed by atoms with E-state index in [4.69, 9.17) is 0 Å². The highest BCUT2D eigenvalue weighted by Crippen LogP contribution is 2.16. The third kappa shape index (κ3) is 4.08. The van der Waals surface area contributed by atoms with Crippen LogP contribution >= 0.6 is 0 Å². The van der Waals surface area contributed by atoms with Crippen LogP contribution in [-0.2, 0) is 9.59 Å². The maximum Gasteiger partial charge on any atom is 0.251 e. The number of amides is 3. The van der Waals surface area contributed by atoms with E-state index in [1.165, 1.54) is 6.92 Å². The van der Waals surface area contributed by atoms with Crippen molar-refractivity contribution in [1.82, 2.24) is 10.6 Å². The number of aryl methyl sites for hydroxylation is 1. The summed E-state index contributed by atoms with van der Waals surface area (Å²) in [7, 11) is 1.56. The van der Waals surface area contributed by atoms with Gasteiger partial charge in [0.2, 0.25) is 11.8 Å². The summed E-state index contributed by atoms with van der Waals surface area (Å²) < 4.78 is 0. The number of hydrogen-bond acceptors (Lipinski definition) is 3. The Bertz CT molecular complexity index is 540. The van der Waals surface area contributed by atoms with Crippen molar-refractivity contribution in [1.29, 1.82) is 0 Å². The zero-order chi connectivity index (χ0) is 15.3. The molecule has 6 nitrogen and oxygen atoms in total. The van der Waals surface area contributed by atoms with Gasteiger partial charge < -0.3 is 16.0 Å². The summed E-state index contributed by atoms with van der Waals surface area (Å²) in [5.41, 5.74) is 1.91. The molecule has 1 rings (SSSR count). The molecular weight excluding hydrogens is 258 g/mol. The Balaban J connectivity index is 2.81. The highest BCUT2D eigenvalue weighted by Gasteiger charge is 2.15. The molecule has 0 spiro atoms. The number of nitrogens with one attached hydrogen (secondary N) is 3. The summed E-state index contributed by atoms with van der Waals surface area (Å²) in [6.45, 7) is 4.75. The molecular formula is C14H19N3O3. The van der Waals surface area contributed by atoms with Crippen molar-refractivity contribution >= 4 is 23.4 Å². The summed E-state index contributed by atoms with van der Waals surface area (Å²) >= 11 is 0. The van der Waals surface area contributed by atoms with Gasteiger partial charge in [0.1, 0.15) is 6.04 Å². The molecule has 0 aromatic heterocycles. The SMILES string of the molecule is CNC(=O)c1ccc(NC(=O)[C@H](C)NC(C)=O)c(C)c1. The lowest BCUT2D eigenvalue weighted by Gasteiger charge is -2.14. The maximum atomic E-state index is 11.9. The van der Waals surface area contributed by atoms with Gasteiger partial charge in [-0.15, -0.1) is 0 Å². The van der Waals surface area contributed by atoms with Crippen LogP contribution in [0.1, 0.15) is 29.8 Å². The van der Waals surface area contributed by atoms with Gasteiger partial charge in [0.25, 0.3) is 5.91 Å². The van der Waals surface area contributed by atoms with Crippen molar-refractivity contribution in [2.45, 2.75) is 26.8 Å². The van der Waals surface area contributed by atoms with E-state index in [1.807, 2.05) is 0 Å². The topological polar surface area (TPSA) is 87.3 Å². The molecule has 1 aromatic carbocycles. The van der Waals surface area contributed by atoms with Crippen molar-refractivity contribution < 1.29 is 14.4 Å². The summed E-state index contributed by atoms with van der Waals surface area (Å²) in [6, 6.07) is 4.37. The predicted molar refractivity (Wildman–Crippen MR) is 76.5 cm³/mol. The van der Waals surface area contributed by atoms with Crippen molar-refractivity contribution in [3.8, 4) is 0 Å². The van der Waals surface area contributed by atoms with Crippen LogP contribution in [0.3, 0.4) is 0 Å². The minimum absolute atomic E-state index is 0.183. The largest absolute Gasteiger partial charge is 0.355 e. The molecule has 0 radical (unpaired) electrons. The molecule has 0 aliphatic rings. The molecule has 1 aromatic rings. The molecule has 6 heteroatoms. The van der Waals surface area contributed by atoms with Crippen LogP contribution in [0.5, 0.6) is 0 Å². The highest BCUT2D eigenvalue weighted by molar-refractivity contribution is 5.98. The Morgan fingerprint density at radius 1 is 1.20 bits per heavy atom. The van der Waals surface area contributed by atoms with Crippen LogP contribution in [0, 0.1) is 6.92 Å². The summed E-state index contributed by atoms with van der Waals surface area (Å²) in [5.74, 6) is -0.757. The van der Waals surface area contributed by atoms with E-state index in [2.05, 4.69) is 16.0 Å². The minimum Gasteiger partial charge on any atom is -0.355 e. The molecule has 3 amide bonds. The van der Waals surface area contributed by atoms with Gasteiger partial charge in [0, 0.05) is 25.2 Å². The first-order valence-electron chi connectivity index (χ1n) is 6.26. The quantitative estimate of drug-likeness (QED) is 0.761. The van der Waals surface area contributed by atoms with E-state index in [-0.39, 0.29) is 17.7 Å². The van der Waals surface area contributed by atoms with E-state index in [1.54, 1.807) is 39.1 Å². The zero-order valence-corrected chi connectivity index (χ0v) is 12.0. The molecule has 108 valence electrons. The number of carbonyl (C=O) groups is 3. The fourth-order valence-electron chi connectivity index (χ4n) is 1.70. The third-order valence-electron chi connectivity index (χ3n) is 2.79. The van der Waals surface area contributed by atoms with E-state index >= 15 is 0 Å². The van der Waals surface area contributed by atoms with E-state index in [0.717, 1.165) is 5.56 Å². The third-order valence-corrected chi connectivity index (χ3v) is 2.79. The molecule has 20 heavy (non-hydrogen) atoms. The Kier molecular flexibility index (Phi) is 5.25. The molecule has 0 bridgehead atoms. The van der Waals surface area contributed by atoms with Gasteiger partial charge in [-0.25, -0.2) is 0 Å². The van der Waals surface area contributed by atoms with Gasteiger partial charge in [0.05, 0.1) is 0 Å². The average Bonchev–Trinajstić information content (AvgIpc) is 2.39. The fraction of sp³-hybridized carbons (Fsp3) is 0.357. The first kappa shape index (κ1) is 15.7.